The third-order valence-corrected chi connectivity index (χ3v) is 4.74. The molecule has 0 atom stereocenters. The second-order valence-corrected chi connectivity index (χ2v) is 7.90. The van der Waals surface area contributed by atoms with E-state index in [1.54, 1.807) is 4.90 Å². The third kappa shape index (κ3) is 4.40. The Bertz CT molecular complexity index is 832. The van der Waals surface area contributed by atoms with Crippen LogP contribution in [0.4, 0.5) is 5.69 Å². The summed E-state index contributed by atoms with van der Waals surface area (Å²) in [5.41, 5.74) is 8.73. The van der Waals surface area contributed by atoms with E-state index < -0.39 is 0 Å². The lowest BCUT2D eigenvalue weighted by Gasteiger charge is -2.30. The zero-order chi connectivity index (χ0) is 19.4. The van der Waals surface area contributed by atoms with Gasteiger partial charge in [0.2, 0.25) is 0 Å². The molecule has 1 heterocycles. The molecule has 2 N–H and O–H groups in total. The molecule has 0 saturated heterocycles. The maximum Gasteiger partial charge on any atom is 0.294 e. The highest BCUT2D eigenvalue weighted by atomic mass is 16.5. The van der Waals surface area contributed by atoms with E-state index in [0.29, 0.717) is 24.6 Å². The minimum Gasteiger partial charge on any atom is -0.449 e. The minimum atomic E-state index is -0.106. The molecule has 0 saturated carbocycles. The quantitative estimate of drug-likeness (QED) is 0.628. The van der Waals surface area contributed by atoms with Crippen LogP contribution in [0.15, 0.2) is 54.3 Å². The monoisotopic (exact) mass is 364 g/mol. The Labute approximate surface area is 161 Å². The van der Waals surface area contributed by atoms with Gasteiger partial charge in [0.25, 0.3) is 5.91 Å². The van der Waals surface area contributed by atoms with Crippen molar-refractivity contribution >= 4 is 17.7 Å². The molecule has 0 spiro atoms. The molecule has 4 heteroatoms. The van der Waals surface area contributed by atoms with Gasteiger partial charge >= 0.3 is 0 Å². The highest BCUT2D eigenvalue weighted by Crippen LogP contribution is 2.35. The Morgan fingerprint density at radius 2 is 1.74 bits per heavy atom. The van der Waals surface area contributed by atoms with Gasteiger partial charge in [-0.15, -0.1) is 0 Å². The molecule has 27 heavy (non-hydrogen) atoms. The lowest BCUT2D eigenvalue weighted by atomic mass is 9.87. The molecule has 0 unspecified atom stereocenters. The number of benzene rings is 2. The minimum absolute atomic E-state index is 0.0988. The Morgan fingerprint density at radius 3 is 2.41 bits per heavy atom. The van der Waals surface area contributed by atoms with Crippen molar-refractivity contribution in [3.63, 3.8) is 0 Å². The van der Waals surface area contributed by atoms with Crippen LogP contribution in [0.5, 0.6) is 5.75 Å². The molecule has 142 valence electrons. The van der Waals surface area contributed by atoms with Gasteiger partial charge in [-0.2, -0.15) is 0 Å². The Balaban J connectivity index is 1.89. The Morgan fingerprint density at radius 1 is 1.04 bits per heavy atom. The van der Waals surface area contributed by atoms with Gasteiger partial charge in [-0.05, 0) is 54.1 Å². The molecule has 0 radical (unpaired) electrons. The van der Waals surface area contributed by atoms with Crippen molar-refractivity contribution in [2.75, 3.05) is 18.0 Å². The van der Waals surface area contributed by atoms with E-state index in [1.165, 1.54) is 5.56 Å². The summed E-state index contributed by atoms with van der Waals surface area (Å²) in [6.45, 7) is 7.82. The zero-order valence-electron chi connectivity index (χ0n) is 16.4. The van der Waals surface area contributed by atoms with E-state index in [4.69, 9.17) is 10.5 Å². The number of unbranched alkanes of at least 4 members (excludes halogenated alkanes) is 1. The molecule has 2 aromatic rings. The number of hydrogen-bond donors (Lipinski definition) is 1. The molecule has 3 rings (SSSR count). The Hall–Kier alpha value is -2.59. The van der Waals surface area contributed by atoms with E-state index in [2.05, 4.69) is 32.9 Å². The van der Waals surface area contributed by atoms with E-state index in [0.717, 1.165) is 24.1 Å². The number of hydrogen-bond acceptors (Lipinski definition) is 3. The number of fused-ring (bicyclic) bond motifs is 1. The predicted octanol–water partition coefficient (Wildman–Crippen LogP) is 4.49. The lowest BCUT2D eigenvalue weighted by molar-refractivity contribution is -0.117. The van der Waals surface area contributed by atoms with Crippen LogP contribution < -0.4 is 15.4 Å². The summed E-state index contributed by atoms with van der Waals surface area (Å²) in [6.07, 6.45) is 3.57. The molecule has 1 aliphatic heterocycles. The van der Waals surface area contributed by atoms with Crippen LogP contribution in [-0.2, 0) is 10.2 Å². The first kappa shape index (κ1) is 19.2. The van der Waals surface area contributed by atoms with Crippen LogP contribution in [0.3, 0.4) is 0 Å². The maximum absolute atomic E-state index is 13.0. The first-order valence-electron chi connectivity index (χ1n) is 9.51. The fraction of sp³-hybridized carbons (Fsp3) is 0.348. The summed E-state index contributed by atoms with van der Waals surface area (Å²) in [4.78, 5) is 14.8. The fourth-order valence-electron chi connectivity index (χ4n) is 3.13. The van der Waals surface area contributed by atoms with Gasteiger partial charge in [-0.1, -0.05) is 57.2 Å². The van der Waals surface area contributed by atoms with Crippen molar-refractivity contribution in [2.24, 2.45) is 5.73 Å². The van der Waals surface area contributed by atoms with Crippen LogP contribution in [0.25, 0.3) is 6.08 Å². The van der Waals surface area contributed by atoms with Gasteiger partial charge in [0, 0.05) is 6.54 Å². The molecular formula is C23H28N2O2. The standard InChI is InChI=1S/C23H28N2O2/c1-23(2,3)18-12-10-17(11-13-18)16-21-22(26)25(15-7-6-14-24)19-8-4-5-9-20(19)27-21/h4-5,8-13,16H,6-7,14-15,24H2,1-3H3/b21-16+. The highest BCUT2D eigenvalue weighted by Gasteiger charge is 2.29. The van der Waals surface area contributed by atoms with Gasteiger partial charge in [-0.25, -0.2) is 0 Å². The van der Waals surface area contributed by atoms with Gasteiger partial charge in [0.05, 0.1) is 5.69 Å². The smallest absolute Gasteiger partial charge is 0.294 e. The van der Waals surface area contributed by atoms with E-state index in [-0.39, 0.29) is 11.3 Å². The number of anilines is 1. The summed E-state index contributed by atoms with van der Waals surface area (Å²) in [6, 6.07) is 15.9. The molecule has 0 aliphatic carbocycles. The summed E-state index contributed by atoms with van der Waals surface area (Å²) in [5.74, 6) is 0.956. The number of rotatable bonds is 5. The summed E-state index contributed by atoms with van der Waals surface area (Å²) < 4.78 is 5.93. The number of amides is 1. The number of ether oxygens (including phenoxy) is 1. The first-order chi connectivity index (χ1) is 12.9. The lowest BCUT2D eigenvalue weighted by Crippen LogP contribution is -2.38. The largest absolute Gasteiger partial charge is 0.449 e. The average Bonchev–Trinajstić information content (AvgIpc) is 2.64. The predicted molar refractivity (Wildman–Crippen MR) is 111 cm³/mol. The third-order valence-electron chi connectivity index (χ3n) is 4.74. The second-order valence-electron chi connectivity index (χ2n) is 7.90. The van der Waals surface area contributed by atoms with Crippen molar-refractivity contribution in [2.45, 2.75) is 39.0 Å². The van der Waals surface area contributed by atoms with Crippen molar-refractivity contribution in [1.29, 1.82) is 0 Å². The Kier molecular flexibility index (Phi) is 5.66. The van der Waals surface area contributed by atoms with Crippen LogP contribution in [0.1, 0.15) is 44.7 Å². The van der Waals surface area contributed by atoms with Crippen molar-refractivity contribution in [3.8, 4) is 5.75 Å². The molecule has 2 aromatic carbocycles. The molecule has 0 aromatic heterocycles. The second kappa shape index (κ2) is 7.97. The van der Waals surface area contributed by atoms with E-state index in [9.17, 15) is 4.79 Å². The topological polar surface area (TPSA) is 55.6 Å². The normalized spacial score (nSPS) is 15.6. The number of nitrogens with two attached hydrogens (primary N) is 1. The molecule has 4 nitrogen and oxygen atoms in total. The molecule has 1 amide bonds. The average molecular weight is 364 g/mol. The summed E-state index contributed by atoms with van der Waals surface area (Å²) in [5, 5.41) is 0. The number of nitrogens with zero attached hydrogens (tertiary/aromatic N) is 1. The van der Waals surface area contributed by atoms with E-state index in [1.807, 2.05) is 42.5 Å². The number of para-hydroxylation sites is 2. The zero-order valence-corrected chi connectivity index (χ0v) is 16.4. The van der Waals surface area contributed by atoms with Gasteiger partial charge in [0.1, 0.15) is 0 Å². The number of carbonyl (C=O) groups excluding carboxylic acids is 1. The maximum atomic E-state index is 13.0. The van der Waals surface area contributed by atoms with Gasteiger partial charge in [0.15, 0.2) is 11.5 Å². The summed E-state index contributed by atoms with van der Waals surface area (Å²) >= 11 is 0. The van der Waals surface area contributed by atoms with Crippen molar-refractivity contribution in [1.82, 2.24) is 0 Å². The fourth-order valence-corrected chi connectivity index (χ4v) is 3.13. The van der Waals surface area contributed by atoms with Crippen LogP contribution in [0, 0.1) is 0 Å². The molecule has 1 aliphatic rings. The van der Waals surface area contributed by atoms with Gasteiger partial charge < -0.3 is 15.4 Å². The SMILES string of the molecule is CC(C)(C)c1ccc(/C=C2/Oc3ccccc3N(CCCCN)C2=O)cc1. The van der Waals surface area contributed by atoms with Crippen molar-refractivity contribution in [3.05, 3.63) is 65.4 Å². The molecular weight excluding hydrogens is 336 g/mol. The molecule has 0 fully saturated rings. The van der Waals surface area contributed by atoms with Crippen LogP contribution in [-0.4, -0.2) is 19.0 Å². The van der Waals surface area contributed by atoms with E-state index >= 15 is 0 Å². The first-order valence-corrected chi connectivity index (χ1v) is 9.51. The molecule has 0 bridgehead atoms. The van der Waals surface area contributed by atoms with Crippen molar-refractivity contribution < 1.29 is 9.53 Å². The van der Waals surface area contributed by atoms with Crippen LogP contribution >= 0.6 is 0 Å². The highest BCUT2D eigenvalue weighted by molar-refractivity contribution is 6.09. The van der Waals surface area contributed by atoms with Gasteiger partial charge in [-0.3, -0.25) is 4.79 Å². The summed E-state index contributed by atoms with van der Waals surface area (Å²) in [7, 11) is 0. The van der Waals surface area contributed by atoms with Crippen LogP contribution in [0.2, 0.25) is 0 Å². The number of carbonyl (C=O) groups is 1.